The Morgan fingerprint density at radius 3 is 2.82 bits per heavy atom. The summed E-state index contributed by atoms with van der Waals surface area (Å²) in [5.74, 6) is 1.08. The molecule has 33 heavy (non-hydrogen) atoms. The number of unbranched alkanes of at least 4 members (excludes halogenated alkanes) is 1. The van der Waals surface area contributed by atoms with E-state index in [0.717, 1.165) is 62.1 Å². The molecule has 0 saturated carbocycles. The third-order valence-electron chi connectivity index (χ3n) is 5.88. The fraction of sp³-hybridized carbons (Fsp3) is 0.500. The number of amides is 2. The summed E-state index contributed by atoms with van der Waals surface area (Å²) in [5, 5.41) is 9.21. The van der Waals surface area contributed by atoms with Crippen LogP contribution in [0.4, 0.5) is 10.6 Å². The molecule has 0 bridgehead atoms. The predicted octanol–water partition coefficient (Wildman–Crippen LogP) is 4.36. The molecule has 3 N–H and O–H groups in total. The minimum Gasteiger partial charge on any atom is -0.445 e. The first-order chi connectivity index (χ1) is 16.1. The Kier molecular flexibility index (Phi) is 10.0. The van der Waals surface area contributed by atoms with Gasteiger partial charge in [0, 0.05) is 31.2 Å². The van der Waals surface area contributed by atoms with E-state index >= 15 is 0 Å². The van der Waals surface area contributed by atoms with Crippen molar-refractivity contribution in [1.82, 2.24) is 15.6 Å². The Labute approximate surface area is 196 Å². The molecule has 7 heteroatoms. The van der Waals surface area contributed by atoms with Crippen molar-refractivity contribution in [2.45, 2.75) is 70.9 Å². The zero-order chi connectivity index (χ0) is 23.3. The first-order valence-electron chi connectivity index (χ1n) is 12.1. The highest BCUT2D eigenvalue weighted by molar-refractivity contribution is 5.75. The van der Waals surface area contributed by atoms with Crippen LogP contribution in [-0.4, -0.2) is 36.1 Å². The first kappa shape index (κ1) is 24.6. The van der Waals surface area contributed by atoms with Gasteiger partial charge in [0.1, 0.15) is 12.4 Å². The Hall–Kier alpha value is -3.09. The topological polar surface area (TPSA) is 92.4 Å². The van der Waals surface area contributed by atoms with Gasteiger partial charge in [0.15, 0.2) is 0 Å². The standard InChI is InChI=1S/C26H36N4O3/c1-2-22(30-26(32)33-19-20-9-4-3-5-10-20)16-18-27-24(31)13-7-6-12-23-15-14-21-11-8-17-28-25(21)29-23/h3-5,9-10,14-15,22H,2,6-8,11-13,16-19H2,1H3,(H,27,31)(H,28,29)(H,30,32). The Morgan fingerprint density at radius 2 is 2.00 bits per heavy atom. The molecule has 3 rings (SSSR count). The van der Waals surface area contributed by atoms with Crippen molar-refractivity contribution in [3.8, 4) is 0 Å². The summed E-state index contributed by atoms with van der Waals surface area (Å²) >= 11 is 0. The van der Waals surface area contributed by atoms with E-state index in [-0.39, 0.29) is 18.6 Å². The number of nitrogens with one attached hydrogen (secondary N) is 3. The van der Waals surface area contributed by atoms with Gasteiger partial charge in [-0.2, -0.15) is 0 Å². The van der Waals surface area contributed by atoms with Crippen LogP contribution in [0.15, 0.2) is 42.5 Å². The summed E-state index contributed by atoms with van der Waals surface area (Å²) in [4.78, 5) is 28.9. The van der Waals surface area contributed by atoms with Gasteiger partial charge < -0.3 is 20.7 Å². The zero-order valence-corrected chi connectivity index (χ0v) is 19.6. The lowest BCUT2D eigenvalue weighted by Gasteiger charge is -2.17. The molecule has 1 atom stereocenters. The van der Waals surface area contributed by atoms with Gasteiger partial charge in [0.05, 0.1) is 0 Å². The fourth-order valence-corrected chi connectivity index (χ4v) is 3.88. The Morgan fingerprint density at radius 1 is 1.15 bits per heavy atom. The second-order valence-corrected chi connectivity index (χ2v) is 8.50. The van der Waals surface area contributed by atoms with Gasteiger partial charge in [-0.15, -0.1) is 0 Å². The van der Waals surface area contributed by atoms with Gasteiger partial charge in [0.2, 0.25) is 5.91 Å². The van der Waals surface area contributed by atoms with Gasteiger partial charge in [-0.3, -0.25) is 4.79 Å². The summed E-state index contributed by atoms with van der Waals surface area (Å²) in [5.41, 5.74) is 3.33. The maximum absolute atomic E-state index is 12.1. The van der Waals surface area contributed by atoms with E-state index in [1.165, 1.54) is 5.56 Å². The third kappa shape index (κ3) is 8.75. The summed E-state index contributed by atoms with van der Waals surface area (Å²) in [6.45, 7) is 3.78. The van der Waals surface area contributed by atoms with Crippen LogP contribution in [0.1, 0.15) is 62.3 Å². The van der Waals surface area contributed by atoms with Crippen molar-refractivity contribution in [1.29, 1.82) is 0 Å². The fourth-order valence-electron chi connectivity index (χ4n) is 3.88. The maximum atomic E-state index is 12.1. The Balaban J connectivity index is 1.25. The van der Waals surface area contributed by atoms with Crippen LogP contribution in [0.3, 0.4) is 0 Å². The molecular formula is C26H36N4O3. The lowest BCUT2D eigenvalue weighted by molar-refractivity contribution is -0.121. The number of carbonyl (C=O) groups excluding carboxylic acids is 2. The monoisotopic (exact) mass is 452 g/mol. The van der Waals surface area contributed by atoms with Gasteiger partial charge in [-0.05, 0) is 62.1 Å². The number of anilines is 1. The average molecular weight is 453 g/mol. The minimum absolute atomic E-state index is 0.0303. The molecule has 0 radical (unpaired) electrons. The summed E-state index contributed by atoms with van der Waals surface area (Å²) < 4.78 is 5.27. The SMILES string of the molecule is CCC(CCNC(=O)CCCCc1ccc2c(n1)NCCC2)NC(=O)OCc1ccccc1. The number of aromatic nitrogens is 1. The highest BCUT2D eigenvalue weighted by Gasteiger charge is 2.13. The van der Waals surface area contributed by atoms with Gasteiger partial charge in [-0.25, -0.2) is 9.78 Å². The molecule has 2 heterocycles. The van der Waals surface area contributed by atoms with Crippen molar-refractivity contribution in [2.75, 3.05) is 18.4 Å². The van der Waals surface area contributed by atoms with Crippen molar-refractivity contribution < 1.29 is 14.3 Å². The van der Waals surface area contributed by atoms with Crippen LogP contribution in [0, 0.1) is 0 Å². The molecule has 0 aliphatic carbocycles. The van der Waals surface area contributed by atoms with E-state index in [1.807, 2.05) is 37.3 Å². The summed E-state index contributed by atoms with van der Waals surface area (Å²) in [6, 6.07) is 13.8. The minimum atomic E-state index is -0.428. The number of aryl methyl sites for hydroxylation is 2. The number of rotatable bonds is 12. The largest absolute Gasteiger partial charge is 0.445 e. The summed E-state index contributed by atoms with van der Waals surface area (Å²) in [7, 11) is 0. The molecule has 1 aromatic carbocycles. The normalized spacial score (nSPS) is 13.4. The van der Waals surface area contributed by atoms with Gasteiger partial charge in [-0.1, -0.05) is 43.3 Å². The molecule has 1 aliphatic rings. The molecule has 0 spiro atoms. The van der Waals surface area contributed by atoms with E-state index in [0.29, 0.717) is 19.4 Å². The number of pyridine rings is 1. The molecular weight excluding hydrogens is 416 g/mol. The molecule has 2 amide bonds. The van der Waals surface area contributed by atoms with Gasteiger partial charge >= 0.3 is 6.09 Å². The zero-order valence-electron chi connectivity index (χ0n) is 19.6. The van der Waals surface area contributed by atoms with Crippen LogP contribution >= 0.6 is 0 Å². The number of nitrogens with zero attached hydrogens (tertiary/aromatic N) is 1. The second-order valence-electron chi connectivity index (χ2n) is 8.50. The molecule has 2 aromatic rings. The van der Waals surface area contributed by atoms with Crippen LogP contribution in [-0.2, 0) is 29.0 Å². The third-order valence-corrected chi connectivity index (χ3v) is 5.88. The lowest BCUT2D eigenvalue weighted by atomic mass is 10.1. The molecule has 1 aliphatic heterocycles. The number of ether oxygens (including phenoxy) is 1. The summed E-state index contributed by atoms with van der Waals surface area (Å²) in [6.07, 6.45) is 6.44. The van der Waals surface area contributed by atoms with Crippen LogP contribution < -0.4 is 16.0 Å². The van der Waals surface area contributed by atoms with E-state index in [4.69, 9.17) is 9.72 Å². The predicted molar refractivity (Wildman–Crippen MR) is 130 cm³/mol. The highest BCUT2D eigenvalue weighted by atomic mass is 16.5. The van der Waals surface area contributed by atoms with E-state index in [1.54, 1.807) is 0 Å². The van der Waals surface area contributed by atoms with Crippen LogP contribution in [0.5, 0.6) is 0 Å². The maximum Gasteiger partial charge on any atom is 0.407 e. The van der Waals surface area contributed by atoms with Crippen molar-refractivity contribution >= 4 is 17.8 Å². The quantitative estimate of drug-likeness (QED) is 0.416. The number of hydrogen-bond acceptors (Lipinski definition) is 5. The van der Waals surface area contributed by atoms with Gasteiger partial charge in [0.25, 0.3) is 0 Å². The second kappa shape index (κ2) is 13.5. The molecule has 0 fully saturated rings. The number of alkyl carbamates (subject to hydrolysis) is 1. The molecule has 1 unspecified atom stereocenters. The first-order valence-corrected chi connectivity index (χ1v) is 12.1. The number of benzene rings is 1. The highest BCUT2D eigenvalue weighted by Crippen LogP contribution is 2.20. The smallest absolute Gasteiger partial charge is 0.407 e. The number of hydrogen-bond donors (Lipinski definition) is 3. The number of carbonyl (C=O) groups is 2. The van der Waals surface area contributed by atoms with E-state index in [2.05, 4.69) is 28.1 Å². The average Bonchev–Trinajstić information content (AvgIpc) is 2.85. The molecule has 0 saturated heterocycles. The van der Waals surface area contributed by atoms with E-state index in [9.17, 15) is 9.59 Å². The Bertz CT molecular complexity index is 888. The van der Waals surface area contributed by atoms with Crippen molar-refractivity contribution in [2.24, 2.45) is 0 Å². The van der Waals surface area contributed by atoms with Crippen LogP contribution in [0.25, 0.3) is 0 Å². The molecule has 7 nitrogen and oxygen atoms in total. The van der Waals surface area contributed by atoms with Crippen molar-refractivity contribution in [3.63, 3.8) is 0 Å². The molecule has 178 valence electrons. The lowest BCUT2D eigenvalue weighted by Crippen LogP contribution is -2.37. The number of fused-ring (bicyclic) bond motifs is 1. The van der Waals surface area contributed by atoms with Crippen LogP contribution in [0.2, 0.25) is 0 Å². The van der Waals surface area contributed by atoms with Crippen molar-refractivity contribution in [3.05, 3.63) is 59.3 Å². The van der Waals surface area contributed by atoms with E-state index < -0.39 is 6.09 Å². The molecule has 1 aromatic heterocycles.